The molecule has 2 aromatic carbocycles. The topological polar surface area (TPSA) is 105 Å². The number of piperidine rings is 1. The molecular formula is C22H27N3O5S. The first-order valence-corrected chi connectivity index (χ1v) is 11.6. The van der Waals surface area contributed by atoms with E-state index in [1.807, 2.05) is 6.92 Å². The Morgan fingerprint density at radius 1 is 1.10 bits per heavy atom. The van der Waals surface area contributed by atoms with E-state index in [0.717, 1.165) is 19.3 Å². The number of carbonyl (C=O) groups excluding carboxylic acids is 2. The first-order valence-electron chi connectivity index (χ1n) is 10.1. The Labute approximate surface area is 182 Å². The van der Waals surface area contributed by atoms with Gasteiger partial charge in [0.1, 0.15) is 5.75 Å². The minimum atomic E-state index is -3.69. The lowest BCUT2D eigenvalue weighted by molar-refractivity contribution is -0.114. The second-order valence-corrected chi connectivity index (χ2v) is 9.43. The van der Waals surface area contributed by atoms with Crippen LogP contribution in [-0.4, -0.2) is 44.2 Å². The smallest absolute Gasteiger partial charge is 0.255 e. The number of hydrogen-bond donors (Lipinski definition) is 2. The fourth-order valence-electron chi connectivity index (χ4n) is 3.64. The van der Waals surface area contributed by atoms with Crippen molar-refractivity contribution in [3.05, 3.63) is 48.0 Å². The predicted octanol–water partition coefficient (Wildman–Crippen LogP) is 3.47. The Kier molecular flexibility index (Phi) is 6.97. The third kappa shape index (κ3) is 5.23. The second-order valence-electron chi connectivity index (χ2n) is 7.54. The lowest BCUT2D eigenvalue weighted by atomic mass is 10.1. The molecule has 1 fully saturated rings. The minimum Gasteiger partial charge on any atom is -0.495 e. The molecule has 1 saturated heterocycles. The third-order valence-corrected chi connectivity index (χ3v) is 7.22. The van der Waals surface area contributed by atoms with E-state index in [1.54, 1.807) is 30.3 Å². The molecule has 166 valence electrons. The molecule has 9 heteroatoms. The monoisotopic (exact) mass is 445 g/mol. The summed E-state index contributed by atoms with van der Waals surface area (Å²) in [4.78, 5) is 24.3. The minimum absolute atomic E-state index is 0.0722. The van der Waals surface area contributed by atoms with Gasteiger partial charge >= 0.3 is 0 Å². The lowest BCUT2D eigenvalue weighted by Crippen LogP contribution is -2.41. The van der Waals surface area contributed by atoms with E-state index >= 15 is 0 Å². The number of carbonyl (C=O) groups is 2. The summed E-state index contributed by atoms with van der Waals surface area (Å²) in [6.07, 6.45) is 2.66. The third-order valence-electron chi connectivity index (χ3n) is 5.21. The summed E-state index contributed by atoms with van der Waals surface area (Å²) in [5.41, 5.74) is 1.06. The van der Waals surface area contributed by atoms with Crippen LogP contribution in [0.1, 0.15) is 43.5 Å². The van der Waals surface area contributed by atoms with Crippen molar-refractivity contribution < 1.29 is 22.7 Å². The summed E-state index contributed by atoms with van der Waals surface area (Å²) >= 11 is 0. The molecule has 0 radical (unpaired) electrons. The van der Waals surface area contributed by atoms with Crippen molar-refractivity contribution in [1.29, 1.82) is 0 Å². The van der Waals surface area contributed by atoms with Gasteiger partial charge in [-0.2, -0.15) is 4.31 Å². The first-order chi connectivity index (χ1) is 14.7. The van der Waals surface area contributed by atoms with Gasteiger partial charge in [-0.1, -0.05) is 12.5 Å². The summed E-state index contributed by atoms with van der Waals surface area (Å²) in [7, 11) is -2.22. The summed E-state index contributed by atoms with van der Waals surface area (Å²) < 4.78 is 33.0. The summed E-state index contributed by atoms with van der Waals surface area (Å²) in [6, 6.07) is 10.8. The van der Waals surface area contributed by atoms with Gasteiger partial charge in [-0.3, -0.25) is 9.59 Å². The lowest BCUT2D eigenvalue weighted by Gasteiger charge is -2.32. The molecule has 1 heterocycles. The zero-order valence-corrected chi connectivity index (χ0v) is 18.7. The van der Waals surface area contributed by atoms with Gasteiger partial charge in [0.05, 0.1) is 17.7 Å². The van der Waals surface area contributed by atoms with Crippen LogP contribution in [0, 0.1) is 0 Å². The molecular weight excluding hydrogens is 418 g/mol. The Bertz CT molecular complexity index is 1080. The van der Waals surface area contributed by atoms with Crippen LogP contribution in [0.15, 0.2) is 47.4 Å². The van der Waals surface area contributed by atoms with Crippen molar-refractivity contribution in [3.63, 3.8) is 0 Å². The van der Waals surface area contributed by atoms with Gasteiger partial charge in [-0.15, -0.1) is 0 Å². The molecule has 1 aliphatic rings. The number of amides is 2. The van der Waals surface area contributed by atoms with Crippen LogP contribution in [0.5, 0.6) is 5.75 Å². The number of rotatable bonds is 6. The molecule has 0 unspecified atom stereocenters. The Hall–Kier alpha value is -2.91. The van der Waals surface area contributed by atoms with Crippen molar-refractivity contribution in [1.82, 2.24) is 4.31 Å². The molecule has 0 spiro atoms. The Morgan fingerprint density at radius 3 is 2.55 bits per heavy atom. The average molecular weight is 446 g/mol. The molecule has 1 atom stereocenters. The maximum atomic E-state index is 13.1. The molecule has 1 aliphatic heterocycles. The quantitative estimate of drug-likeness (QED) is 0.708. The van der Waals surface area contributed by atoms with E-state index in [2.05, 4.69) is 10.6 Å². The maximum absolute atomic E-state index is 13.1. The first kappa shape index (κ1) is 22.8. The summed E-state index contributed by atoms with van der Waals surface area (Å²) in [5, 5.41) is 5.38. The number of anilines is 2. The zero-order valence-electron chi connectivity index (χ0n) is 17.8. The normalized spacial score (nSPS) is 17.1. The zero-order chi connectivity index (χ0) is 22.6. The molecule has 31 heavy (non-hydrogen) atoms. The van der Waals surface area contributed by atoms with Gasteiger partial charge < -0.3 is 15.4 Å². The van der Waals surface area contributed by atoms with Crippen LogP contribution in [0.3, 0.4) is 0 Å². The van der Waals surface area contributed by atoms with Crippen LogP contribution in [0.2, 0.25) is 0 Å². The van der Waals surface area contributed by atoms with Gasteiger partial charge in [-0.05, 0) is 56.2 Å². The van der Waals surface area contributed by atoms with E-state index in [0.29, 0.717) is 23.7 Å². The number of nitrogens with zero attached hydrogens (tertiary/aromatic N) is 1. The molecule has 2 amide bonds. The number of methoxy groups -OCH3 is 1. The SMILES string of the molecule is COc1ccc(NC(C)=O)cc1NC(=O)c1cccc(S(=O)(=O)N2CCCC[C@@H]2C)c1. The van der Waals surface area contributed by atoms with Gasteiger partial charge in [0.25, 0.3) is 5.91 Å². The summed E-state index contributed by atoms with van der Waals surface area (Å²) in [6.45, 7) is 3.77. The van der Waals surface area contributed by atoms with Crippen LogP contribution in [0.4, 0.5) is 11.4 Å². The van der Waals surface area contributed by atoms with Crippen LogP contribution in [0.25, 0.3) is 0 Å². The standard InChI is InChI=1S/C22H27N3O5S/c1-15-7-4-5-12-25(15)31(28,29)19-9-6-8-17(13-19)22(27)24-20-14-18(23-16(2)26)10-11-21(20)30-3/h6,8-11,13-15H,4-5,7,12H2,1-3H3,(H,23,26)(H,24,27)/t15-/m0/s1. The molecule has 0 bridgehead atoms. The largest absolute Gasteiger partial charge is 0.495 e. The average Bonchev–Trinajstić information content (AvgIpc) is 2.74. The fraction of sp³-hybridized carbons (Fsp3) is 0.364. The van der Waals surface area contributed by atoms with Crippen LogP contribution < -0.4 is 15.4 Å². The summed E-state index contributed by atoms with van der Waals surface area (Å²) in [5.74, 6) is -0.317. The fourth-order valence-corrected chi connectivity index (χ4v) is 5.39. The van der Waals surface area contributed by atoms with Gasteiger partial charge in [0.2, 0.25) is 15.9 Å². The second kappa shape index (κ2) is 9.49. The molecule has 0 aromatic heterocycles. The van der Waals surface area contributed by atoms with Crippen molar-refractivity contribution in [2.75, 3.05) is 24.3 Å². The van der Waals surface area contributed by atoms with Crippen molar-refractivity contribution in [3.8, 4) is 5.75 Å². The highest BCUT2D eigenvalue weighted by molar-refractivity contribution is 7.89. The Balaban J connectivity index is 1.86. The predicted molar refractivity (Wildman–Crippen MR) is 119 cm³/mol. The van der Waals surface area contributed by atoms with E-state index in [9.17, 15) is 18.0 Å². The van der Waals surface area contributed by atoms with E-state index in [-0.39, 0.29) is 22.4 Å². The highest BCUT2D eigenvalue weighted by Gasteiger charge is 2.31. The van der Waals surface area contributed by atoms with Crippen molar-refractivity contribution in [2.24, 2.45) is 0 Å². The van der Waals surface area contributed by atoms with Crippen molar-refractivity contribution >= 4 is 33.2 Å². The highest BCUT2D eigenvalue weighted by atomic mass is 32.2. The van der Waals surface area contributed by atoms with Crippen LogP contribution >= 0.6 is 0 Å². The van der Waals surface area contributed by atoms with E-state index in [4.69, 9.17) is 4.74 Å². The maximum Gasteiger partial charge on any atom is 0.255 e. The van der Waals surface area contributed by atoms with Crippen molar-refractivity contribution in [2.45, 2.75) is 44.0 Å². The van der Waals surface area contributed by atoms with Gasteiger partial charge in [0, 0.05) is 30.8 Å². The van der Waals surface area contributed by atoms with Gasteiger partial charge in [0.15, 0.2) is 0 Å². The molecule has 8 nitrogen and oxygen atoms in total. The Morgan fingerprint density at radius 2 is 1.87 bits per heavy atom. The number of benzene rings is 2. The van der Waals surface area contributed by atoms with E-state index < -0.39 is 15.9 Å². The number of sulfonamides is 1. The van der Waals surface area contributed by atoms with Gasteiger partial charge in [-0.25, -0.2) is 8.42 Å². The molecule has 2 aromatic rings. The van der Waals surface area contributed by atoms with E-state index in [1.165, 1.54) is 30.5 Å². The molecule has 3 rings (SSSR count). The molecule has 0 aliphatic carbocycles. The number of nitrogens with one attached hydrogen (secondary N) is 2. The van der Waals surface area contributed by atoms with Crippen LogP contribution in [-0.2, 0) is 14.8 Å². The molecule has 2 N–H and O–H groups in total. The number of hydrogen-bond acceptors (Lipinski definition) is 5. The molecule has 0 saturated carbocycles. The highest BCUT2D eigenvalue weighted by Crippen LogP contribution is 2.29. The number of ether oxygens (including phenoxy) is 1.